The molecule has 0 radical (unpaired) electrons. The van der Waals surface area contributed by atoms with Gasteiger partial charge < -0.3 is 23.7 Å². The Morgan fingerprint density at radius 3 is 2.33 bits per heavy atom. The fourth-order valence-electron chi connectivity index (χ4n) is 1.90. The molecule has 0 aliphatic carbocycles. The van der Waals surface area contributed by atoms with Crippen LogP contribution in [0, 0.1) is 0 Å². The van der Waals surface area contributed by atoms with Crippen molar-refractivity contribution in [2.45, 2.75) is 12.8 Å². The number of aliphatic imine (C=N–C) groups is 2. The third-order valence-corrected chi connectivity index (χ3v) is 3.15. The lowest BCUT2D eigenvalue weighted by atomic mass is 10.3. The molecule has 0 amide bonds. The van der Waals surface area contributed by atoms with Gasteiger partial charge in [-0.05, 0) is 12.8 Å². The molecule has 0 aromatic heterocycles. The second-order valence-electron chi connectivity index (χ2n) is 4.99. The van der Waals surface area contributed by atoms with Gasteiger partial charge in [0, 0.05) is 0 Å². The van der Waals surface area contributed by atoms with Crippen LogP contribution in [0.1, 0.15) is 12.8 Å². The summed E-state index contributed by atoms with van der Waals surface area (Å²) in [6.07, 6.45) is 1.40. The van der Waals surface area contributed by atoms with Gasteiger partial charge in [-0.1, -0.05) is 13.2 Å². The number of hydrogen-bond acceptors (Lipinski definition) is 8. The molecule has 0 spiro atoms. The Hall–Kier alpha value is -2.35. The Morgan fingerprint density at radius 2 is 1.67 bits per heavy atom. The van der Waals surface area contributed by atoms with E-state index in [4.69, 9.17) is 23.7 Å². The molecule has 2 aliphatic rings. The quantitative estimate of drug-likeness (QED) is 0.185. The molecule has 8 heteroatoms. The van der Waals surface area contributed by atoms with Crippen LogP contribution >= 0.6 is 0 Å². The first-order valence-corrected chi connectivity index (χ1v) is 7.79. The van der Waals surface area contributed by atoms with Crippen molar-refractivity contribution in [1.82, 2.24) is 0 Å². The van der Waals surface area contributed by atoms with Crippen LogP contribution in [0.25, 0.3) is 0 Å². The molecule has 2 rings (SSSR count). The second kappa shape index (κ2) is 9.71. The third kappa shape index (κ3) is 5.69. The summed E-state index contributed by atoms with van der Waals surface area (Å²) in [6.45, 7) is 10.4. The van der Waals surface area contributed by atoms with Gasteiger partial charge in [0.1, 0.15) is 18.8 Å². The highest BCUT2D eigenvalue weighted by Crippen LogP contribution is 2.07. The van der Waals surface area contributed by atoms with Gasteiger partial charge in [-0.25, -0.2) is 14.8 Å². The maximum Gasteiger partial charge on any atom is 0.343 e. The number of carbonyl (C=O) groups is 1. The minimum atomic E-state index is -0.506. The molecular formula is C16H22N2O6. The number of esters is 1. The molecule has 0 atom stereocenters. The summed E-state index contributed by atoms with van der Waals surface area (Å²) >= 11 is 0. The van der Waals surface area contributed by atoms with E-state index in [1.807, 2.05) is 0 Å². The number of carbonyl (C=O) groups excluding carboxylic acids is 1. The van der Waals surface area contributed by atoms with Crippen LogP contribution in [-0.4, -0.2) is 64.1 Å². The van der Waals surface area contributed by atoms with Crippen molar-refractivity contribution in [2.75, 3.05) is 46.3 Å². The Balaban J connectivity index is 1.44. The summed E-state index contributed by atoms with van der Waals surface area (Å²) in [4.78, 5) is 19.8. The van der Waals surface area contributed by atoms with Crippen molar-refractivity contribution >= 4 is 17.8 Å². The number of unbranched alkanes of at least 4 members (excludes halogenated alkanes) is 1. The van der Waals surface area contributed by atoms with Crippen LogP contribution < -0.4 is 0 Å². The smallest absolute Gasteiger partial charge is 0.343 e. The molecule has 0 aromatic carbocycles. The van der Waals surface area contributed by atoms with Gasteiger partial charge in [-0.3, -0.25) is 0 Å². The van der Waals surface area contributed by atoms with Crippen LogP contribution in [0.5, 0.6) is 0 Å². The molecule has 0 bridgehead atoms. The summed E-state index contributed by atoms with van der Waals surface area (Å²) in [5, 5.41) is 0. The number of rotatable bonds is 11. The Morgan fingerprint density at radius 1 is 1.00 bits per heavy atom. The molecule has 2 aliphatic heterocycles. The zero-order valence-corrected chi connectivity index (χ0v) is 13.6. The molecule has 8 nitrogen and oxygen atoms in total. The number of ether oxygens (including phenoxy) is 5. The van der Waals surface area contributed by atoms with Crippen LogP contribution in [0.4, 0.5) is 0 Å². The summed E-state index contributed by atoms with van der Waals surface area (Å²) in [7, 11) is 0. The highest BCUT2D eigenvalue weighted by atomic mass is 16.7. The molecule has 0 fully saturated rings. The minimum Gasteiger partial charge on any atom is -0.475 e. The second-order valence-corrected chi connectivity index (χ2v) is 4.99. The van der Waals surface area contributed by atoms with Gasteiger partial charge in [-0.15, -0.1) is 0 Å². The van der Waals surface area contributed by atoms with E-state index in [0.29, 0.717) is 51.0 Å². The maximum absolute atomic E-state index is 11.7. The molecule has 0 aromatic rings. The lowest BCUT2D eigenvalue weighted by Crippen LogP contribution is -2.16. The van der Waals surface area contributed by atoms with Gasteiger partial charge in [0.05, 0.1) is 26.3 Å². The zero-order valence-electron chi connectivity index (χ0n) is 13.6. The van der Waals surface area contributed by atoms with Gasteiger partial charge >= 0.3 is 5.97 Å². The summed E-state index contributed by atoms with van der Waals surface area (Å²) in [5.41, 5.74) is 0.160. The van der Waals surface area contributed by atoms with E-state index in [-0.39, 0.29) is 24.9 Å². The lowest BCUT2D eigenvalue weighted by Gasteiger charge is -2.09. The normalized spacial score (nSPS) is 15.8. The van der Waals surface area contributed by atoms with Crippen molar-refractivity contribution < 1.29 is 28.5 Å². The predicted molar refractivity (Wildman–Crippen MR) is 86.9 cm³/mol. The Kier molecular flexibility index (Phi) is 7.28. The van der Waals surface area contributed by atoms with Gasteiger partial charge in [0.2, 0.25) is 5.90 Å². The van der Waals surface area contributed by atoms with Crippen molar-refractivity contribution in [3.8, 4) is 0 Å². The van der Waals surface area contributed by atoms with Crippen molar-refractivity contribution in [1.29, 1.82) is 0 Å². The average molecular weight is 338 g/mol. The van der Waals surface area contributed by atoms with Crippen LogP contribution in [0.2, 0.25) is 0 Å². The molecule has 0 saturated carbocycles. The first-order chi connectivity index (χ1) is 11.7. The van der Waals surface area contributed by atoms with Crippen LogP contribution in [0.3, 0.4) is 0 Å². The Labute approximate surface area is 140 Å². The van der Waals surface area contributed by atoms with Crippen molar-refractivity contribution in [2.24, 2.45) is 9.98 Å². The van der Waals surface area contributed by atoms with E-state index in [1.165, 1.54) is 0 Å². The van der Waals surface area contributed by atoms with E-state index >= 15 is 0 Å². The third-order valence-electron chi connectivity index (χ3n) is 3.15. The zero-order chi connectivity index (χ0) is 17.2. The monoisotopic (exact) mass is 338 g/mol. The van der Waals surface area contributed by atoms with E-state index in [9.17, 15) is 4.79 Å². The van der Waals surface area contributed by atoms with E-state index in [1.54, 1.807) is 0 Å². The molecule has 2 heterocycles. The van der Waals surface area contributed by atoms with E-state index in [0.717, 1.165) is 6.42 Å². The van der Waals surface area contributed by atoms with Crippen LogP contribution in [-0.2, 0) is 28.5 Å². The Bertz CT molecular complexity index is 541. The first-order valence-electron chi connectivity index (χ1n) is 7.79. The summed E-state index contributed by atoms with van der Waals surface area (Å²) in [6, 6.07) is 0. The van der Waals surface area contributed by atoms with E-state index < -0.39 is 5.97 Å². The molecule has 132 valence electrons. The fourth-order valence-corrected chi connectivity index (χ4v) is 1.90. The number of nitrogens with zero attached hydrogens (tertiary/aromatic N) is 2. The topological polar surface area (TPSA) is 87.9 Å². The highest BCUT2D eigenvalue weighted by Gasteiger charge is 2.19. The molecule has 24 heavy (non-hydrogen) atoms. The summed E-state index contributed by atoms with van der Waals surface area (Å²) < 4.78 is 26.0. The van der Waals surface area contributed by atoms with Gasteiger partial charge in [-0.2, -0.15) is 0 Å². The van der Waals surface area contributed by atoms with Gasteiger partial charge in [0.15, 0.2) is 12.6 Å². The standard InChI is InChI=1S/C16H22N2O6/c1-12(14-17-5-9-21-14)16(19)23-8-4-3-7-20-11-24-13(2)15-18-6-10-22-15/h1-11H2. The molecule has 0 unspecified atom stereocenters. The molecular weight excluding hydrogens is 316 g/mol. The van der Waals surface area contributed by atoms with Gasteiger partial charge in [0.25, 0.3) is 5.90 Å². The largest absolute Gasteiger partial charge is 0.475 e. The molecule has 0 saturated heterocycles. The first kappa shape index (κ1) is 18.0. The predicted octanol–water partition coefficient (Wildman–Crippen LogP) is 1.23. The fraction of sp³-hybridized carbons (Fsp3) is 0.562. The van der Waals surface area contributed by atoms with Crippen molar-refractivity contribution in [3.05, 3.63) is 24.5 Å². The van der Waals surface area contributed by atoms with Crippen molar-refractivity contribution in [3.63, 3.8) is 0 Å². The lowest BCUT2D eigenvalue weighted by molar-refractivity contribution is -0.138. The molecule has 0 N–H and O–H groups in total. The number of hydrogen-bond donors (Lipinski definition) is 0. The van der Waals surface area contributed by atoms with E-state index in [2.05, 4.69) is 23.1 Å². The highest BCUT2D eigenvalue weighted by molar-refractivity contribution is 6.16. The maximum atomic E-state index is 11.7. The van der Waals surface area contributed by atoms with Crippen LogP contribution in [0.15, 0.2) is 34.5 Å². The minimum absolute atomic E-state index is 0.0783. The summed E-state index contributed by atoms with van der Waals surface area (Å²) in [5.74, 6) is 0.573. The average Bonchev–Trinajstić information content (AvgIpc) is 3.29. The SMILES string of the molecule is C=C(OCOCCCCOC(=O)C(=C)C1=NCCO1)C1=NCCO1.